The Kier molecular flexibility index (Phi) is 9.60. The van der Waals surface area contributed by atoms with Crippen LogP contribution in [0, 0.1) is 11.8 Å². The molecule has 0 N–H and O–H groups in total. The minimum absolute atomic E-state index is 0.407. The number of benzene rings is 4. The number of rotatable bonds is 12. The fourth-order valence-corrected chi connectivity index (χ4v) is 5.11. The predicted octanol–water partition coefficient (Wildman–Crippen LogP) is 10.6. The Morgan fingerprint density at radius 1 is 0.459 bits per heavy atom. The van der Waals surface area contributed by atoms with Crippen molar-refractivity contribution in [2.45, 2.75) is 65.2 Å². The summed E-state index contributed by atoms with van der Waals surface area (Å²) in [6.45, 7) is 9.26. The number of hydrogen-bond acceptors (Lipinski definition) is 1. The van der Waals surface area contributed by atoms with Crippen molar-refractivity contribution in [1.29, 1.82) is 0 Å². The van der Waals surface area contributed by atoms with Crippen molar-refractivity contribution in [3.05, 3.63) is 131 Å². The van der Waals surface area contributed by atoms with Gasteiger partial charge in [0.2, 0.25) is 0 Å². The molecule has 1 heteroatoms. The van der Waals surface area contributed by atoms with Crippen molar-refractivity contribution in [2.75, 3.05) is 0 Å². The molecule has 4 aromatic rings. The van der Waals surface area contributed by atoms with Crippen LogP contribution in [0.5, 0.6) is 11.5 Å². The summed E-state index contributed by atoms with van der Waals surface area (Å²) in [6, 6.07) is 39.2. The van der Waals surface area contributed by atoms with Gasteiger partial charge in [-0.1, -0.05) is 125 Å². The van der Waals surface area contributed by atoms with Gasteiger partial charge in [-0.2, -0.15) is 0 Å². The SMILES string of the molecule is CCC(C)CC(c1ccccc1)c1ccc(Oc2ccc(C(CC(C)CC)c3ccccc3)cc2)cc1. The normalized spacial score (nSPS) is 14.5. The van der Waals surface area contributed by atoms with Crippen LogP contribution in [-0.4, -0.2) is 0 Å². The molecule has 0 amide bonds. The highest BCUT2D eigenvalue weighted by atomic mass is 16.5. The second-order valence-corrected chi connectivity index (χ2v) is 10.7. The first-order valence-corrected chi connectivity index (χ1v) is 14.0. The lowest BCUT2D eigenvalue weighted by atomic mass is 9.83. The van der Waals surface area contributed by atoms with E-state index >= 15 is 0 Å². The quantitative estimate of drug-likeness (QED) is 0.192. The van der Waals surface area contributed by atoms with Crippen molar-refractivity contribution in [3.63, 3.8) is 0 Å². The highest BCUT2D eigenvalue weighted by Crippen LogP contribution is 2.35. The zero-order valence-corrected chi connectivity index (χ0v) is 22.9. The third-order valence-electron chi connectivity index (χ3n) is 7.87. The summed E-state index contributed by atoms with van der Waals surface area (Å²) in [4.78, 5) is 0. The van der Waals surface area contributed by atoms with E-state index in [9.17, 15) is 0 Å². The summed E-state index contributed by atoms with van der Waals surface area (Å²) in [7, 11) is 0. The molecule has 4 unspecified atom stereocenters. The van der Waals surface area contributed by atoms with E-state index in [4.69, 9.17) is 4.74 Å². The van der Waals surface area contributed by atoms with Gasteiger partial charge in [0.05, 0.1) is 0 Å². The lowest BCUT2D eigenvalue weighted by molar-refractivity contribution is 0.475. The minimum Gasteiger partial charge on any atom is -0.457 e. The van der Waals surface area contributed by atoms with Crippen molar-refractivity contribution in [3.8, 4) is 11.5 Å². The Morgan fingerprint density at radius 3 is 1.11 bits per heavy atom. The standard InChI is InChI=1S/C36H42O/c1-5-27(3)25-35(29-13-9-7-10-14-29)31-17-21-33(22-18-31)37-34-23-19-32(20-24-34)36(26-28(4)6-2)30-15-11-8-12-16-30/h7-24,27-28,35-36H,5-6,25-26H2,1-4H3. The lowest BCUT2D eigenvalue weighted by Crippen LogP contribution is -2.06. The summed E-state index contributed by atoms with van der Waals surface area (Å²) in [6.07, 6.45) is 4.70. The monoisotopic (exact) mass is 490 g/mol. The number of hydrogen-bond donors (Lipinski definition) is 0. The van der Waals surface area contributed by atoms with E-state index in [0.29, 0.717) is 23.7 Å². The van der Waals surface area contributed by atoms with Crippen LogP contribution < -0.4 is 4.74 Å². The van der Waals surface area contributed by atoms with Gasteiger partial charge in [0.25, 0.3) is 0 Å². The second kappa shape index (κ2) is 13.3. The summed E-state index contributed by atoms with van der Waals surface area (Å²) in [5, 5.41) is 0. The van der Waals surface area contributed by atoms with Crippen molar-refractivity contribution in [2.24, 2.45) is 11.8 Å². The van der Waals surface area contributed by atoms with Crippen LogP contribution in [0.25, 0.3) is 0 Å². The van der Waals surface area contributed by atoms with Crippen LogP contribution in [-0.2, 0) is 0 Å². The first-order valence-electron chi connectivity index (χ1n) is 14.0. The van der Waals surface area contributed by atoms with E-state index in [0.717, 1.165) is 24.3 Å². The highest BCUT2D eigenvalue weighted by Gasteiger charge is 2.18. The van der Waals surface area contributed by atoms with Gasteiger partial charge in [-0.25, -0.2) is 0 Å². The Morgan fingerprint density at radius 2 is 0.784 bits per heavy atom. The zero-order valence-electron chi connectivity index (χ0n) is 22.9. The van der Waals surface area contributed by atoms with Gasteiger partial charge in [-0.3, -0.25) is 0 Å². The topological polar surface area (TPSA) is 9.23 Å². The average molecular weight is 491 g/mol. The molecule has 0 aliphatic rings. The molecule has 0 spiro atoms. The molecular weight excluding hydrogens is 448 g/mol. The van der Waals surface area contributed by atoms with Crippen LogP contribution in [0.3, 0.4) is 0 Å². The van der Waals surface area contributed by atoms with Gasteiger partial charge < -0.3 is 4.74 Å². The van der Waals surface area contributed by atoms with E-state index in [1.165, 1.54) is 35.1 Å². The second-order valence-electron chi connectivity index (χ2n) is 10.7. The summed E-state index contributed by atoms with van der Waals surface area (Å²) in [5.41, 5.74) is 5.48. The molecule has 0 heterocycles. The number of ether oxygens (including phenoxy) is 1. The smallest absolute Gasteiger partial charge is 0.127 e. The van der Waals surface area contributed by atoms with Crippen LogP contribution in [0.4, 0.5) is 0 Å². The van der Waals surface area contributed by atoms with Crippen molar-refractivity contribution >= 4 is 0 Å². The third-order valence-corrected chi connectivity index (χ3v) is 7.87. The lowest BCUT2D eigenvalue weighted by Gasteiger charge is -2.22. The zero-order chi connectivity index (χ0) is 26.0. The average Bonchev–Trinajstić information content (AvgIpc) is 2.96. The van der Waals surface area contributed by atoms with Gasteiger partial charge >= 0.3 is 0 Å². The molecule has 0 bridgehead atoms. The molecule has 1 nitrogen and oxygen atoms in total. The Balaban J connectivity index is 1.49. The van der Waals surface area contributed by atoms with Gasteiger partial charge in [-0.15, -0.1) is 0 Å². The molecule has 0 fully saturated rings. The Hall–Kier alpha value is -3.32. The van der Waals surface area contributed by atoms with E-state index in [-0.39, 0.29) is 0 Å². The van der Waals surface area contributed by atoms with Crippen LogP contribution >= 0.6 is 0 Å². The summed E-state index contributed by atoms with van der Waals surface area (Å²) >= 11 is 0. The maximum absolute atomic E-state index is 6.26. The molecule has 4 atom stereocenters. The van der Waals surface area contributed by atoms with E-state index < -0.39 is 0 Å². The molecule has 192 valence electrons. The first-order chi connectivity index (χ1) is 18.1. The van der Waals surface area contributed by atoms with E-state index in [1.54, 1.807) is 0 Å². The molecule has 37 heavy (non-hydrogen) atoms. The third kappa shape index (κ3) is 7.35. The Bertz CT molecular complexity index is 1080. The largest absolute Gasteiger partial charge is 0.457 e. The van der Waals surface area contributed by atoms with Gasteiger partial charge in [0.1, 0.15) is 11.5 Å². The molecule has 0 aliphatic heterocycles. The van der Waals surface area contributed by atoms with E-state index in [2.05, 4.69) is 137 Å². The fraction of sp³-hybridized carbons (Fsp3) is 0.333. The molecule has 0 radical (unpaired) electrons. The van der Waals surface area contributed by atoms with Gasteiger partial charge in [0, 0.05) is 11.8 Å². The molecule has 0 aromatic heterocycles. The molecule has 0 saturated heterocycles. The molecule has 0 saturated carbocycles. The van der Waals surface area contributed by atoms with Gasteiger partial charge in [-0.05, 0) is 71.2 Å². The fourth-order valence-electron chi connectivity index (χ4n) is 5.11. The van der Waals surface area contributed by atoms with Crippen molar-refractivity contribution < 1.29 is 4.74 Å². The molecule has 4 aromatic carbocycles. The predicted molar refractivity (Wildman–Crippen MR) is 158 cm³/mol. The molecular formula is C36H42O. The van der Waals surface area contributed by atoms with E-state index in [1.807, 2.05) is 0 Å². The highest BCUT2D eigenvalue weighted by molar-refractivity contribution is 5.40. The van der Waals surface area contributed by atoms with Crippen LogP contribution in [0.2, 0.25) is 0 Å². The van der Waals surface area contributed by atoms with Gasteiger partial charge in [0.15, 0.2) is 0 Å². The van der Waals surface area contributed by atoms with Crippen LogP contribution in [0.1, 0.15) is 87.5 Å². The Labute approximate surface area is 224 Å². The maximum atomic E-state index is 6.26. The molecule has 4 rings (SSSR count). The summed E-state index contributed by atoms with van der Waals surface area (Å²) < 4.78 is 6.26. The molecule has 0 aliphatic carbocycles. The van der Waals surface area contributed by atoms with Crippen molar-refractivity contribution in [1.82, 2.24) is 0 Å². The van der Waals surface area contributed by atoms with Crippen LogP contribution in [0.15, 0.2) is 109 Å². The first kappa shape index (κ1) is 26.7. The minimum atomic E-state index is 0.407. The maximum Gasteiger partial charge on any atom is 0.127 e. The summed E-state index contributed by atoms with van der Waals surface area (Å²) in [5.74, 6) is 3.94.